The van der Waals surface area contributed by atoms with Gasteiger partial charge in [0.2, 0.25) is 0 Å². The van der Waals surface area contributed by atoms with E-state index in [0.717, 1.165) is 0 Å². The fraction of sp³-hybridized carbons (Fsp3) is 0.500. The van der Waals surface area contributed by atoms with Gasteiger partial charge < -0.3 is 5.11 Å². The van der Waals surface area contributed by atoms with Crippen LogP contribution in [0.1, 0.15) is 38.8 Å². The lowest BCUT2D eigenvalue weighted by Gasteiger charge is -2.01. The third kappa shape index (κ3) is 4.77. The lowest BCUT2D eigenvalue weighted by molar-refractivity contribution is -0.385. The van der Waals surface area contributed by atoms with Crippen LogP contribution in [0.3, 0.4) is 0 Å². The van der Waals surface area contributed by atoms with E-state index in [1.54, 1.807) is 13.8 Å². The molecule has 0 atom stereocenters. The smallest absolute Gasteiger partial charge is 0.270 e. The first-order valence-corrected chi connectivity index (χ1v) is 5.47. The molecule has 16 heavy (non-hydrogen) atoms. The highest BCUT2D eigenvalue weighted by Crippen LogP contribution is 2.26. The Hall–Kier alpha value is -1.58. The number of hydrogen-bond donors (Lipinski definition) is 1. The van der Waals surface area contributed by atoms with Gasteiger partial charge in [0.15, 0.2) is 0 Å². The van der Waals surface area contributed by atoms with Crippen LogP contribution in [0.15, 0.2) is 12.1 Å². The summed E-state index contributed by atoms with van der Waals surface area (Å²) in [6.45, 7) is 11.3. The number of nitrogens with zero attached hydrogens (tertiary/aromatic N) is 1. The van der Waals surface area contributed by atoms with Gasteiger partial charge in [-0.15, -0.1) is 0 Å². The third-order valence-electron chi connectivity index (χ3n) is 1.69. The third-order valence-corrected chi connectivity index (χ3v) is 1.69. The van der Waals surface area contributed by atoms with Gasteiger partial charge >= 0.3 is 0 Å². The number of nitro benzene ring substituents is 1. The molecule has 1 aromatic rings. The Balaban J connectivity index is 0. The van der Waals surface area contributed by atoms with E-state index >= 15 is 0 Å². The highest BCUT2D eigenvalue weighted by molar-refractivity contribution is 5.47. The average molecular weight is 227 g/mol. The van der Waals surface area contributed by atoms with Crippen LogP contribution >= 0.6 is 0 Å². The topological polar surface area (TPSA) is 63.4 Å². The van der Waals surface area contributed by atoms with Crippen LogP contribution in [0.25, 0.3) is 0 Å². The molecule has 1 aromatic carbocycles. The van der Waals surface area contributed by atoms with E-state index < -0.39 is 4.92 Å². The van der Waals surface area contributed by atoms with Crippen LogP contribution in [0.2, 0.25) is 0 Å². The number of aryl methyl sites for hydroxylation is 2. The second kappa shape index (κ2) is 8.71. The monoisotopic (exact) mass is 227 g/mol. The number of rotatable bonds is 1. The molecule has 0 aliphatic carbocycles. The van der Waals surface area contributed by atoms with Crippen molar-refractivity contribution in [1.29, 1.82) is 0 Å². The first-order chi connectivity index (χ1) is 7.52. The largest absolute Gasteiger partial charge is 0.507 e. The molecule has 4 heteroatoms. The first kappa shape index (κ1) is 16.8. The van der Waals surface area contributed by atoms with Crippen LogP contribution in [-0.2, 0) is 0 Å². The van der Waals surface area contributed by atoms with Crippen molar-refractivity contribution in [2.75, 3.05) is 0 Å². The summed E-state index contributed by atoms with van der Waals surface area (Å²) in [5, 5.41) is 19.6. The zero-order chi connectivity index (χ0) is 13.3. The minimum Gasteiger partial charge on any atom is -0.507 e. The van der Waals surface area contributed by atoms with Crippen molar-refractivity contribution in [3.8, 4) is 5.75 Å². The van der Waals surface area contributed by atoms with Gasteiger partial charge in [0, 0.05) is 12.1 Å². The van der Waals surface area contributed by atoms with E-state index in [9.17, 15) is 15.2 Å². The molecule has 0 aliphatic rings. The Bertz CT molecular complexity index is 312. The lowest BCUT2D eigenvalue weighted by Crippen LogP contribution is -1.90. The fourth-order valence-corrected chi connectivity index (χ4v) is 1.04. The Morgan fingerprint density at radius 1 is 1.06 bits per heavy atom. The summed E-state index contributed by atoms with van der Waals surface area (Å²) in [6, 6.07) is 2.70. The van der Waals surface area contributed by atoms with Crippen molar-refractivity contribution in [3.05, 3.63) is 33.4 Å². The number of hydrogen-bond acceptors (Lipinski definition) is 3. The van der Waals surface area contributed by atoms with Crippen LogP contribution in [0.5, 0.6) is 5.75 Å². The molecular formula is C12H21NO3. The fourth-order valence-electron chi connectivity index (χ4n) is 1.04. The number of non-ortho nitro benzene ring substituents is 1. The van der Waals surface area contributed by atoms with E-state index in [1.807, 2.05) is 27.7 Å². The van der Waals surface area contributed by atoms with Crippen LogP contribution < -0.4 is 0 Å². The summed E-state index contributed by atoms with van der Waals surface area (Å²) >= 11 is 0. The maximum absolute atomic E-state index is 10.3. The molecule has 0 radical (unpaired) electrons. The molecule has 0 amide bonds. The van der Waals surface area contributed by atoms with Gasteiger partial charge in [0.25, 0.3) is 5.69 Å². The summed E-state index contributed by atoms with van der Waals surface area (Å²) in [5.41, 5.74) is 1.08. The molecule has 0 aliphatic heterocycles. The summed E-state index contributed by atoms with van der Waals surface area (Å²) in [7, 11) is 0. The number of aromatic hydroxyl groups is 1. The Kier molecular flexibility index (Phi) is 9.16. The molecule has 0 heterocycles. The normalized spacial score (nSPS) is 8.12. The lowest BCUT2D eigenvalue weighted by atomic mass is 10.1. The SMILES string of the molecule is CC.CC.Cc1cc([N+](=O)[O-])cc(C)c1O. The van der Waals surface area contributed by atoms with Gasteiger partial charge in [0.05, 0.1) is 4.92 Å². The van der Waals surface area contributed by atoms with Crippen molar-refractivity contribution in [1.82, 2.24) is 0 Å². The molecule has 0 fully saturated rings. The summed E-state index contributed by atoms with van der Waals surface area (Å²) in [4.78, 5) is 9.87. The van der Waals surface area contributed by atoms with Crippen LogP contribution in [0, 0.1) is 24.0 Å². The number of nitro groups is 1. The predicted molar refractivity (Wildman–Crippen MR) is 66.9 cm³/mol. The molecule has 4 nitrogen and oxygen atoms in total. The molecular weight excluding hydrogens is 206 g/mol. The van der Waals surface area contributed by atoms with Gasteiger partial charge in [-0.2, -0.15) is 0 Å². The number of phenolic OH excluding ortho intramolecular Hbond substituents is 1. The molecule has 0 spiro atoms. The number of benzene rings is 1. The van der Waals surface area contributed by atoms with E-state index in [0.29, 0.717) is 11.1 Å². The zero-order valence-corrected chi connectivity index (χ0v) is 10.9. The predicted octanol–water partition coefficient (Wildman–Crippen LogP) is 3.97. The van der Waals surface area contributed by atoms with Gasteiger partial charge in [-0.1, -0.05) is 27.7 Å². The molecule has 1 rings (SSSR count). The second-order valence-electron chi connectivity index (χ2n) is 2.69. The molecule has 0 bridgehead atoms. The van der Waals surface area contributed by atoms with Crippen molar-refractivity contribution >= 4 is 5.69 Å². The summed E-state index contributed by atoms with van der Waals surface area (Å²) in [6.07, 6.45) is 0. The van der Waals surface area contributed by atoms with Crippen LogP contribution in [0.4, 0.5) is 5.69 Å². The molecule has 1 N–H and O–H groups in total. The molecule has 0 aromatic heterocycles. The van der Waals surface area contributed by atoms with Crippen LogP contribution in [-0.4, -0.2) is 10.0 Å². The van der Waals surface area contributed by atoms with Gasteiger partial charge in [-0.25, -0.2) is 0 Å². The molecule has 0 saturated heterocycles. The average Bonchev–Trinajstić information content (AvgIpc) is 2.30. The maximum Gasteiger partial charge on any atom is 0.270 e. The van der Waals surface area contributed by atoms with Crippen molar-refractivity contribution < 1.29 is 10.0 Å². The van der Waals surface area contributed by atoms with Crippen molar-refractivity contribution in [2.45, 2.75) is 41.5 Å². The Morgan fingerprint density at radius 3 is 1.62 bits per heavy atom. The first-order valence-electron chi connectivity index (χ1n) is 5.47. The van der Waals surface area contributed by atoms with E-state index in [1.165, 1.54) is 12.1 Å². The maximum atomic E-state index is 10.3. The quantitative estimate of drug-likeness (QED) is 0.583. The van der Waals surface area contributed by atoms with Gasteiger partial charge in [-0.3, -0.25) is 10.1 Å². The highest BCUT2D eigenvalue weighted by atomic mass is 16.6. The molecule has 92 valence electrons. The summed E-state index contributed by atoms with van der Waals surface area (Å²) in [5.74, 6) is 0.126. The van der Waals surface area contributed by atoms with Crippen molar-refractivity contribution in [3.63, 3.8) is 0 Å². The Labute approximate surface area is 97.1 Å². The minimum absolute atomic E-state index is 0.0165. The standard InChI is InChI=1S/C8H9NO3.2C2H6/c1-5-3-7(9(11)12)4-6(2)8(5)10;2*1-2/h3-4,10H,1-2H3;2*1-2H3. The second-order valence-corrected chi connectivity index (χ2v) is 2.69. The Morgan fingerprint density at radius 2 is 1.38 bits per heavy atom. The van der Waals surface area contributed by atoms with E-state index in [4.69, 9.17) is 0 Å². The zero-order valence-electron chi connectivity index (χ0n) is 10.9. The van der Waals surface area contributed by atoms with E-state index in [-0.39, 0.29) is 11.4 Å². The van der Waals surface area contributed by atoms with Gasteiger partial charge in [0.1, 0.15) is 5.75 Å². The summed E-state index contributed by atoms with van der Waals surface area (Å²) < 4.78 is 0. The number of phenols is 1. The van der Waals surface area contributed by atoms with E-state index in [2.05, 4.69) is 0 Å². The van der Waals surface area contributed by atoms with Gasteiger partial charge in [-0.05, 0) is 25.0 Å². The van der Waals surface area contributed by atoms with Crippen molar-refractivity contribution in [2.24, 2.45) is 0 Å². The minimum atomic E-state index is -0.473. The molecule has 0 unspecified atom stereocenters. The molecule has 0 saturated carbocycles. The highest BCUT2D eigenvalue weighted by Gasteiger charge is 2.10.